The fraction of sp³-hybridized carbons (Fsp3) is 0.381. The molecule has 2 aromatic carbocycles. The number of anilines is 1. The van der Waals surface area contributed by atoms with E-state index in [1.165, 1.54) is 42.6 Å². The average molecular weight is 322 g/mol. The van der Waals surface area contributed by atoms with Crippen molar-refractivity contribution in [3.63, 3.8) is 0 Å². The summed E-state index contributed by atoms with van der Waals surface area (Å²) in [5.74, 6) is 0.0777. The molecule has 0 aromatic heterocycles. The van der Waals surface area contributed by atoms with Gasteiger partial charge in [0.25, 0.3) is 0 Å². The van der Waals surface area contributed by atoms with Gasteiger partial charge >= 0.3 is 0 Å². The van der Waals surface area contributed by atoms with Crippen LogP contribution in [0, 0.1) is 6.92 Å². The molecule has 1 aliphatic heterocycles. The number of hydrogen-bond acceptors (Lipinski definition) is 2. The van der Waals surface area contributed by atoms with Crippen LogP contribution in [0.2, 0.25) is 0 Å². The first-order chi connectivity index (χ1) is 11.7. The van der Waals surface area contributed by atoms with E-state index in [0.717, 1.165) is 18.7 Å². The van der Waals surface area contributed by atoms with E-state index in [2.05, 4.69) is 53.5 Å². The molecule has 24 heavy (non-hydrogen) atoms. The predicted octanol–water partition coefficient (Wildman–Crippen LogP) is 4.16. The highest BCUT2D eigenvalue weighted by Crippen LogP contribution is 2.16. The van der Waals surface area contributed by atoms with Gasteiger partial charge in [-0.3, -0.25) is 9.69 Å². The lowest BCUT2D eigenvalue weighted by Crippen LogP contribution is -2.18. The smallest absolute Gasteiger partial charge is 0.224 e. The number of rotatable bonds is 6. The van der Waals surface area contributed by atoms with Gasteiger partial charge in [-0.1, -0.05) is 42.0 Å². The van der Waals surface area contributed by atoms with Crippen LogP contribution in [0.15, 0.2) is 48.5 Å². The number of carbonyl (C=O) groups excluding carboxylic acids is 1. The molecule has 1 saturated heterocycles. The van der Waals surface area contributed by atoms with Gasteiger partial charge in [0.05, 0.1) is 0 Å². The van der Waals surface area contributed by atoms with Gasteiger partial charge in [0.1, 0.15) is 0 Å². The third-order valence-corrected chi connectivity index (χ3v) is 4.58. The first-order valence-electron chi connectivity index (χ1n) is 8.86. The maximum absolute atomic E-state index is 12.2. The van der Waals surface area contributed by atoms with Crippen molar-refractivity contribution in [1.82, 2.24) is 4.90 Å². The van der Waals surface area contributed by atoms with E-state index in [-0.39, 0.29) is 5.91 Å². The Morgan fingerprint density at radius 2 is 1.79 bits per heavy atom. The molecule has 2 aromatic rings. The number of carbonyl (C=O) groups is 1. The van der Waals surface area contributed by atoms with E-state index < -0.39 is 0 Å². The van der Waals surface area contributed by atoms with Crippen LogP contribution in [0.5, 0.6) is 0 Å². The first kappa shape index (κ1) is 16.7. The van der Waals surface area contributed by atoms with Gasteiger partial charge in [0.2, 0.25) is 5.91 Å². The maximum Gasteiger partial charge on any atom is 0.224 e. The summed E-state index contributed by atoms with van der Waals surface area (Å²) in [7, 11) is 0. The quantitative estimate of drug-likeness (QED) is 0.866. The van der Waals surface area contributed by atoms with E-state index in [1.807, 2.05) is 12.1 Å². The summed E-state index contributed by atoms with van der Waals surface area (Å²) in [4.78, 5) is 14.7. The van der Waals surface area contributed by atoms with Crippen LogP contribution in [0.3, 0.4) is 0 Å². The van der Waals surface area contributed by atoms with E-state index in [1.54, 1.807) is 0 Å². The molecular weight excluding hydrogens is 296 g/mol. The molecule has 0 aliphatic carbocycles. The molecule has 1 aliphatic rings. The van der Waals surface area contributed by atoms with Crippen LogP contribution in [-0.4, -0.2) is 23.9 Å². The van der Waals surface area contributed by atoms with Crippen LogP contribution >= 0.6 is 0 Å². The molecule has 0 saturated carbocycles. The van der Waals surface area contributed by atoms with Crippen LogP contribution < -0.4 is 5.32 Å². The molecule has 3 rings (SSSR count). The molecular formula is C21H26N2O. The van der Waals surface area contributed by atoms with Crippen molar-refractivity contribution in [2.75, 3.05) is 18.4 Å². The topological polar surface area (TPSA) is 32.3 Å². The maximum atomic E-state index is 12.2. The summed E-state index contributed by atoms with van der Waals surface area (Å²) in [5.41, 5.74) is 4.63. The van der Waals surface area contributed by atoms with Gasteiger partial charge in [-0.25, -0.2) is 0 Å². The minimum Gasteiger partial charge on any atom is -0.326 e. The van der Waals surface area contributed by atoms with Crippen molar-refractivity contribution >= 4 is 11.6 Å². The van der Waals surface area contributed by atoms with Gasteiger partial charge in [0, 0.05) is 18.7 Å². The zero-order chi connectivity index (χ0) is 16.8. The third kappa shape index (κ3) is 4.93. The van der Waals surface area contributed by atoms with Gasteiger partial charge < -0.3 is 5.32 Å². The Balaban J connectivity index is 1.51. The van der Waals surface area contributed by atoms with Crippen LogP contribution in [0.1, 0.15) is 36.0 Å². The number of nitrogens with one attached hydrogen (secondary N) is 1. The first-order valence-corrected chi connectivity index (χ1v) is 8.86. The van der Waals surface area contributed by atoms with E-state index in [4.69, 9.17) is 0 Å². The highest BCUT2D eigenvalue weighted by molar-refractivity contribution is 5.90. The third-order valence-electron chi connectivity index (χ3n) is 4.58. The molecule has 0 radical (unpaired) electrons. The lowest BCUT2D eigenvalue weighted by molar-refractivity contribution is -0.116. The minimum absolute atomic E-state index is 0.0777. The lowest BCUT2D eigenvalue weighted by Gasteiger charge is -2.15. The Labute approximate surface area is 144 Å². The van der Waals surface area contributed by atoms with E-state index in [9.17, 15) is 4.79 Å². The number of likely N-dealkylation sites (tertiary alicyclic amines) is 1. The van der Waals surface area contributed by atoms with Gasteiger partial charge in [0.15, 0.2) is 0 Å². The molecule has 1 N–H and O–H groups in total. The molecule has 1 amide bonds. The summed E-state index contributed by atoms with van der Waals surface area (Å²) >= 11 is 0. The molecule has 1 fully saturated rings. The van der Waals surface area contributed by atoms with Crippen molar-refractivity contribution in [3.8, 4) is 0 Å². The van der Waals surface area contributed by atoms with Crippen molar-refractivity contribution in [2.45, 2.75) is 39.2 Å². The van der Waals surface area contributed by atoms with E-state index in [0.29, 0.717) is 6.42 Å². The Morgan fingerprint density at radius 1 is 1.04 bits per heavy atom. The molecule has 3 nitrogen and oxygen atoms in total. The second kappa shape index (κ2) is 8.11. The zero-order valence-corrected chi connectivity index (χ0v) is 14.4. The van der Waals surface area contributed by atoms with Crippen molar-refractivity contribution in [3.05, 3.63) is 65.2 Å². The molecule has 0 bridgehead atoms. The minimum atomic E-state index is 0.0777. The van der Waals surface area contributed by atoms with Crippen molar-refractivity contribution in [2.24, 2.45) is 0 Å². The molecule has 0 unspecified atom stereocenters. The largest absolute Gasteiger partial charge is 0.326 e. The Bertz CT molecular complexity index is 672. The number of nitrogens with zero attached hydrogens (tertiary/aromatic N) is 1. The summed E-state index contributed by atoms with van der Waals surface area (Å²) in [6.45, 7) is 5.43. The van der Waals surface area contributed by atoms with Crippen molar-refractivity contribution in [1.29, 1.82) is 0 Å². The Morgan fingerprint density at radius 3 is 2.54 bits per heavy atom. The highest BCUT2D eigenvalue weighted by atomic mass is 16.1. The van der Waals surface area contributed by atoms with E-state index >= 15 is 0 Å². The average Bonchev–Trinajstić information content (AvgIpc) is 3.08. The monoisotopic (exact) mass is 322 g/mol. The molecule has 1 heterocycles. The molecule has 126 valence electrons. The summed E-state index contributed by atoms with van der Waals surface area (Å²) in [6.07, 6.45) is 3.89. The van der Waals surface area contributed by atoms with Crippen LogP contribution in [0.25, 0.3) is 0 Å². The number of benzene rings is 2. The standard InChI is InChI=1S/C21H26N2O/c1-17-7-9-18(10-8-17)11-12-21(24)22-20-6-4-5-19(15-20)16-23-13-2-3-14-23/h4-10,15H,2-3,11-14,16H2,1H3,(H,22,24). The van der Waals surface area contributed by atoms with Gasteiger partial charge in [-0.2, -0.15) is 0 Å². The van der Waals surface area contributed by atoms with Crippen LogP contribution in [-0.2, 0) is 17.8 Å². The molecule has 0 atom stereocenters. The van der Waals surface area contributed by atoms with Crippen molar-refractivity contribution < 1.29 is 4.79 Å². The SMILES string of the molecule is Cc1ccc(CCC(=O)Nc2cccc(CN3CCCC3)c2)cc1. The second-order valence-corrected chi connectivity index (χ2v) is 6.72. The predicted molar refractivity (Wildman–Crippen MR) is 99.1 cm³/mol. The van der Waals surface area contributed by atoms with Crippen LogP contribution in [0.4, 0.5) is 5.69 Å². The Kier molecular flexibility index (Phi) is 5.65. The summed E-state index contributed by atoms with van der Waals surface area (Å²) in [5, 5.41) is 3.03. The zero-order valence-electron chi connectivity index (χ0n) is 14.4. The molecule has 0 spiro atoms. The lowest BCUT2D eigenvalue weighted by atomic mass is 10.1. The second-order valence-electron chi connectivity index (χ2n) is 6.72. The number of hydrogen-bond donors (Lipinski definition) is 1. The normalized spacial score (nSPS) is 14.7. The highest BCUT2D eigenvalue weighted by Gasteiger charge is 2.12. The fourth-order valence-electron chi connectivity index (χ4n) is 3.18. The van der Waals surface area contributed by atoms with Gasteiger partial charge in [-0.05, 0) is 62.5 Å². The van der Waals surface area contributed by atoms with Gasteiger partial charge in [-0.15, -0.1) is 0 Å². The summed E-state index contributed by atoms with van der Waals surface area (Å²) in [6, 6.07) is 16.6. The number of amides is 1. The Hall–Kier alpha value is -2.13. The number of aryl methyl sites for hydroxylation is 2. The molecule has 3 heteroatoms. The summed E-state index contributed by atoms with van der Waals surface area (Å²) < 4.78 is 0. The fourth-order valence-corrected chi connectivity index (χ4v) is 3.18.